The van der Waals surface area contributed by atoms with Gasteiger partial charge in [-0.05, 0) is 24.3 Å². The highest BCUT2D eigenvalue weighted by Crippen LogP contribution is 2.18. The number of rotatable bonds is 2. The highest BCUT2D eigenvalue weighted by molar-refractivity contribution is 5.56. The summed E-state index contributed by atoms with van der Waals surface area (Å²) >= 11 is 0. The van der Waals surface area contributed by atoms with Crippen molar-refractivity contribution in [2.45, 2.75) is 0 Å². The van der Waals surface area contributed by atoms with E-state index in [2.05, 4.69) is 20.6 Å². The Kier molecular flexibility index (Phi) is 2.04. The summed E-state index contributed by atoms with van der Waals surface area (Å²) in [5.74, 6) is 6.27. The summed E-state index contributed by atoms with van der Waals surface area (Å²) < 4.78 is 0. The van der Waals surface area contributed by atoms with Gasteiger partial charge in [-0.1, -0.05) is 0 Å². The number of hydrogen-bond donors (Lipinski definition) is 4. The van der Waals surface area contributed by atoms with Gasteiger partial charge in [0.15, 0.2) is 5.82 Å². The average molecular weight is 191 g/mol. The summed E-state index contributed by atoms with van der Waals surface area (Å²) in [5.41, 5.74) is 3.16. The number of nitrogens with zero attached hydrogens (tertiary/aromatic N) is 2. The maximum Gasteiger partial charge on any atom is 0.256 e. The number of nitrogens with two attached hydrogens (primary N) is 1. The molecule has 6 nitrogen and oxygen atoms in total. The fourth-order valence-electron chi connectivity index (χ4n) is 1.07. The predicted octanol–water partition coefficient (Wildman–Crippen LogP) is 0.463. The molecule has 2 rings (SSSR count). The van der Waals surface area contributed by atoms with Gasteiger partial charge in [-0.25, -0.2) is 5.84 Å². The molecule has 0 saturated heterocycles. The van der Waals surface area contributed by atoms with Crippen LogP contribution in [0.5, 0.6) is 5.75 Å². The standard InChI is InChI=1S/C8H9N5O/c9-11-8-10-7(12-13-8)5-1-3-6(14)4-2-5/h1-4,14H,9H2,(H2,10,11,12,13). The number of nitrogen functional groups attached to an aromatic ring is 1. The highest BCUT2D eigenvalue weighted by Gasteiger charge is 2.03. The van der Waals surface area contributed by atoms with Crippen molar-refractivity contribution in [1.29, 1.82) is 0 Å². The molecular formula is C8H9N5O. The number of phenols is 1. The van der Waals surface area contributed by atoms with Gasteiger partial charge >= 0.3 is 0 Å². The molecule has 0 bridgehead atoms. The van der Waals surface area contributed by atoms with Gasteiger partial charge in [-0.15, -0.1) is 5.10 Å². The second kappa shape index (κ2) is 3.35. The zero-order valence-electron chi connectivity index (χ0n) is 7.23. The lowest BCUT2D eigenvalue weighted by Gasteiger charge is -1.95. The van der Waals surface area contributed by atoms with Crippen LogP contribution in [-0.2, 0) is 0 Å². The quantitative estimate of drug-likeness (QED) is 0.408. The number of H-pyrrole nitrogens is 1. The van der Waals surface area contributed by atoms with Crippen LogP contribution < -0.4 is 11.3 Å². The number of aromatic nitrogens is 3. The van der Waals surface area contributed by atoms with E-state index in [1.807, 2.05) is 0 Å². The molecule has 1 heterocycles. The van der Waals surface area contributed by atoms with Crippen LogP contribution in [0.25, 0.3) is 11.4 Å². The summed E-state index contributed by atoms with van der Waals surface area (Å²) in [6, 6.07) is 6.62. The Hall–Kier alpha value is -2.08. The fraction of sp³-hybridized carbons (Fsp3) is 0. The Morgan fingerprint density at radius 2 is 2.00 bits per heavy atom. The predicted molar refractivity (Wildman–Crippen MR) is 51.3 cm³/mol. The second-order valence-electron chi connectivity index (χ2n) is 2.70. The van der Waals surface area contributed by atoms with Crippen molar-refractivity contribution in [3.63, 3.8) is 0 Å². The molecule has 0 atom stereocenters. The number of hydrogen-bond acceptors (Lipinski definition) is 5. The molecule has 1 aromatic heterocycles. The normalized spacial score (nSPS) is 10.1. The molecule has 72 valence electrons. The number of aromatic amines is 1. The van der Waals surface area contributed by atoms with Crippen molar-refractivity contribution in [2.75, 3.05) is 5.43 Å². The molecular weight excluding hydrogens is 182 g/mol. The first-order valence-corrected chi connectivity index (χ1v) is 3.98. The fourth-order valence-corrected chi connectivity index (χ4v) is 1.07. The summed E-state index contributed by atoms with van der Waals surface area (Å²) in [6.45, 7) is 0. The van der Waals surface area contributed by atoms with E-state index in [4.69, 9.17) is 10.9 Å². The lowest BCUT2D eigenvalue weighted by molar-refractivity contribution is 0.475. The lowest BCUT2D eigenvalue weighted by Crippen LogP contribution is -2.07. The van der Waals surface area contributed by atoms with Gasteiger partial charge in [-0.3, -0.25) is 10.5 Å². The highest BCUT2D eigenvalue weighted by atomic mass is 16.3. The van der Waals surface area contributed by atoms with E-state index in [9.17, 15) is 0 Å². The zero-order chi connectivity index (χ0) is 9.97. The molecule has 0 aliphatic rings. The van der Waals surface area contributed by atoms with E-state index in [0.29, 0.717) is 11.8 Å². The van der Waals surface area contributed by atoms with Gasteiger partial charge in [0.05, 0.1) is 0 Å². The molecule has 1 aromatic carbocycles. The van der Waals surface area contributed by atoms with Crippen LogP contribution in [-0.4, -0.2) is 20.3 Å². The van der Waals surface area contributed by atoms with Crippen molar-refractivity contribution in [3.8, 4) is 17.1 Å². The summed E-state index contributed by atoms with van der Waals surface area (Å²) in [6.07, 6.45) is 0. The minimum atomic E-state index is 0.213. The van der Waals surface area contributed by atoms with Crippen molar-refractivity contribution in [1.82, 2.24) is 15.2 Å². The molecule has 0 aliphatic carbocycles. The Labute approximate surface area is 79.8 Å². The van der Waals surface area contributed by atoms with Crippen molar-refractivity contribution >= 4 is 5.95 Å². The molecule has 0 spiro atoms. The molecule has 0 saturated carbocycles. The number of anilines is 1. The molecule has 0 amide bonds. The molecule has 0 unspecified atom stereocenters. The van der Waals surface area contributed by atoms with Crippen LogP contribution in [0.15, 0.2) is 24.3 Å². The monoisotopic (exact) mass is 191 g/mol. The molecule has 14 heavy (non-hydrogen) atoms. The van der Waals surface area contributed by atoms with Crippen LogP contribution in [0.4, 0.5) is 5.95 Å². The third-order valence-electron chi connectivity index (χ3n) is 1.76. The second-order valence-corrected chi connectivity index (χ2v) is 2.70. The SMILES string of the molecule is NNc1n[nH]c(-c2ccc(O)cc2)n1. The van der Waals surface area contributed by atoms with Crippen LogP contribution >= 0.6 is 0 Å². The summed E-state index contributed by atoms with van der Waals surface area (Å²) in [5, 5.41) is 15.6. The molecule has 5 N–H and O–H groups in total. The van der Waals surface area contributed by atoms with Gasteiger partial charge in [-0.2, -0.15) is 4.98 Å². The smallest absolute Gasteiger partial charge is 0.256 e. The van der Waals surface area contributed by atoms with E-state index in [-0.39, 0.29) is 5.75 Å². The van der Waals surface area contributed by atoms with E-state index in [1.165, 1.54) is 0 Å². The Bertz CT molecular complexity index is 422. The van der Waals surface area contributed by atoms with Gasteiger partial charge in [0.25, 0.3) is 5.95 Å². The average Bonchev–Trinajstić information content (AvgIpc) is 2.67. The molecule has 0 aliphatic heterocycles. The van der Waals surface area contributed by atoms with Gasteiger partial charge in [0.1, 0.15) is 5.75 Å². The summed E-state index contributed by atoms with van der Waals surface area (Å²) in [7, 11) is 0. The number of benzene rings is 1. The number of aromatic hydroxyl groups is 1. The van der Waals surface area contributed by atoms with Crippen LogP contribution in [0.1, 0.15) is 0 Å². The van der Waals surface area contributed by atoms with Gasteiger partial charge in [0.2, 0.25) is 0 Å². The molecule has 6 heteroatoms. The zero-order valence-corrected chi connectivity index (χ0v) is 7.23. The minimum Gasteiger partial charge on any atom is -0.508 e. The third-order valence-corrected chi connectivity index (χ3v) is 1.76. The van der Waals surface area contributed by atoms with E-state index < -0.39 is 0 Å². The first-order chi connectivity index (χ1) is 6.79. The Morgan fingerprint density at radius 3 is 2.57 bits per heavy atom. The van der Waals surface area contributed by atoms with Gasteiger partial charge < -0.3 is 5.11 Å². The maximum atomic E-state index is 9.08. The maximum absolute atomic E-state index is 9.08. The minimum absolute atomic E-state index is 0.213. The van der Waals surface area contributed by atoms with Crippen LogP contribution in [0.2, 0.25) is 0 Å². The van der Waals surface area contributed by atoms with Gasteiger partial charge in [0, 0.05) is 5.56 Å². The number of hydrazine groups is 1. The number of nitrogens with one attached hydrogen (secondary N) is 2. The Balaban J connectivity index is 2.34. The number of phenolic OH excluding ortho intramolecular Hbond substituents is 1. The van der Waals surface area contributed by atoms with Crippen molar-refractivity contribution in [2.24, 2.45) is 5.84 Å². The first kappa shape index (κ1) is 8.52. The van der Waals surface area contributed by atoms with Crippen molar-refractivity contribution in [3.05, 3.63) is 24.3 Å². The third kappa shape index (κ3) is 1.50. The molecule has 2 aromatic rings. The van der Waals surface area contributed by atoms with Crippen molar-refractivity contribution < 1.29 is 5.11 Å². The first-order valence-electron chi connectivity index (χ1n) is 3.98. The van der Waals surface area contributed by atoms with E-state index >= 15 is 0 Å². The Morgan fingerprint density at radius 1 is 1.29 bits per heavy atom. The molecule has 0 radical (unpaired) electrons. The van der Waals surface area contributed by atoms with Crippen LogP contribution in [0, 0.1) is 0 Å². The lowest BCUT2D eigenvalue weighted by atomic mass is 10.2. The topological polar surface area (TPSA) is 99.8 Å². The van der Waals surface area contributed by atoms with Crippen LogP contribution in [0.3, 0.4) is 0 Å². The largest absolute Gasteiger partial charge is 0.508 e. The van der Waals surface area contributed by atoms with E-state index in [0.717, 1.165) is 5.56 Å². The molecule has 0 fully saturated rings. The van der Waals surface area contributed by atoms with E-state index in [1.54, 1.807) is 24.3 Å². The summed E-state index contributed by atoms with van der Waals surface area (Å²) in [4.78, 5) is 4.04.